The van der Waals surface area contributed by atoms with E-state index in [0.29, 0.717) is 19.4 Å². The molecule has 0 saturated carbocycles. The Labute approximate surface area is 193 Å². The van der Waals surface area contributed by atoms with Crippen molar-refractivity contribution < 1.29 is 33.0 Å². The fourth-order valence-electron chi connectivity index (χ4n) is 4.84. The lowest BCUT2D eigenvalue weighted by molar-refractivity contribution is -0.151. The second-order valence-corrected chi connectivity index (χ2v) is 10.9. The maximum Gasteiger partial charge on any atom is 0.326 e. The Hall–Kier alpha value is -2.50. The number of carboxylic acid groups (broad SMARTS) is 2. The van der Waals surface area contributed by atoms with E-state index in [1.165, 1.54) is 16.1 Å². The summed E-state index contributed by atoms with van der Waals surface area (Å²) in [6.45, 7) is 1.86. The van der Waals surface area contributed by atoms with Crippen LogP contribution < -0.4 is 5.32 Å². The lowest BCUT2D eigenvalue weighted by atomic mass is 9.92. The summed E-state index contributed by atoms with van der Waals surface area (Å²) in [6.07, 6.45) is 2.58. The molecule has 4 unspecified atom stereocenters. The lowest BCUT2D eigenvalue weighted by Gasteiger charge is -2.38. The second kappa shape index (κ2) is 10.2. The second-order valence-electron chi connectivity index (χ2n) is 8.88. The van der Waals surface area contributed by atoms with Gasteiger partial charge in [-0.1, -0.05) is 30.3 Å². The first-order chi connectivity index (χ1) is 15.5. The van der Waals surface area contributed by atoms with Crippen molar-refractivity contribution in [3.63, 3.8) is 0 Å². The number of carbonyl (C=O) groups is 3. The minimum atomic E-state index is -3.48. The summed E-state index contributed by atoms with van der Waals surface area (Å²) >= 11 is 0. The number of piperidine rings is 1. The van der Waals surface area contributed by atoms with E-state index in [4.69, 9.17) is 0 Å². The van der Waals surface area contributed by atoms with E-state index in [-0.39, 0.29) is 25.3 Å². The van der Waals surface area contributed by atoms with Crippen LogP contribution in [0.2, 0.25) is 0 Å². The van der Waals surface area contributed by atoms with Crippen molar-refractivity contribution in [3.8, 4) is 0 Å². The summed E-state index contributed by atoms with van der Waals surface area (Å²) in [7, 11) is -3.48. The molecule has 0 aliphatic carbocycles. The summed E-state index contributed by atoms with van der Waals surface area (Å²) in [6, 6.07) is 5.83. The van der Waals surface area contributed by atoms with Crippen molar-refractivity contribution in [3.05, 3.63) is 35.9 Å². The first-order valence-corrected chi connectivity index (χ1v) is 12.9. The first-order valence-electron chi connectivity index (χ1n) is 11.0. The van der Waals surface area contributed by atoms with Crippen molar-refractivity contribution in [2.45, 2.75) is 56.8 Å². The van der Waals surface area contributed by atoms with Gasteiger partial charge in [0.05, 0.1) is 12.3 Å². The first kappa shape index (κ1) is 25.1. The molecule has 2 fully saturated rings. The van der Waals surface area contributed by atoms with Crippen LogP contribution in [0.25, 0.3) is 0 Å². The van der Waals surface area contributed by atoms with Crippen LogP contribution in [-0.4, -0.2) is 89.2 Å². The molecule has 0 radical (unpaired) electrons. The van der Waals surface area contributed by atoms with Gasteiger partial charge in [0.2, 0.25) is 15.9 Å². The van der Waals surface area contributed by atoms with Gasteiger partial charge < -0.3 is 15.1 Å². The number of nitrogens with zero attached hydrogens (tertiary/aromatic N) is 2. The Morgan fingerprint density at radius 2 is 1.85 bits per heavy atom. The predicted octanol–water partition coefficient (Wildman–Crippen LogP) is 0.386. The summed E-state index contributed by atoms with van der Waals surface area (Å²) in [5, 5.41) is 22.2. The molecule has 2 aliphatic heterocycles. The molecule has 2 heterocycles. The Kier molecular flexibility index (Phi) is 7.76. The molecule has 1 aromatic carbocycles. The predicted molar refractivity (Wildman–Crippen MR) is 120 cm³/mol. The van der Waals surface area contributed by atoms with Crippen LogP contribution in [0.3, 0.4) is 0 Å². The van der Waals surface area contributed by atoms with Crippen molar-refractivity contribution in [2.24, 2.45) is 5.92 Å². The normalized spacial score (nSPS) is 25.3. The minimum Gasteiger partial charge on any atom is -0.480 e. The van der Waals surface area contributed by atoms with Gasteiger partial charge >= 0.3 is 11.9 Å². The molecule has 10 nitrogen and oxygen atoms in total. The van der Waals surface area contributed by atoms with Gasteiger partial charge in [-0.3, -0.25) is 14.9 Å². The Bertz CT molecular complexity index is 985. The van der Waals surface area contributed by atoms with Gasteiger partial charge in [0, 0.05) is 19.1 Å². The highest BCUT2D eigenvalue weighted by atomic mass is 32.2. The Morgan fingerprint density at radius 1 is 1.18 bits per heavy atom. The molecule has 3 rings (SSSR count). The number of likely N-dealkylation sites (tertiary alicyclic amines) is 1. The van der Waals surface area contributed by atoms with Crippen LogP contribution in [0.15, 0.2) is 30.3 Å². The fourth-order valence-corrected chi connectivity index (χ4v) is 5.70. The van der Waals surface area contributed by atoms with Gasteiger partial charge in [-0.2, -0.15) is 0 Å². The number of sulfonamides is 1. The van der Waals surface area contributed by atoms with Crippen molar-refractivity contribution in [2.75, 3.05) is 19.3 Å². The van der Waals surface area contributed by atoms with Crippen LogP contribution in [0.5, 0.6) is 0 Å². The van der Waals surface area contributed by atoms with E-state index < -0.39 is 52.0 Å². The van der Waals surface area contributed by atoms with Crippen LogP contribution >= 0.6 is 0 Å². The van der Waals surface area contributed by atoms with Gasteiger partial charge in [-0.05, 0) is 44.1 Å². The number of amides is 1. The van der Waals surface area contributed by atoms with E-state index in [1.54, 1.807) is 0 Å². The zero-order chi connectivity index (χ0) is 24.3. The molecule has 1 aromatic rings. The van der Waals surface area contributed by atoms with E-state index in [0.717, 1.165) is 11.8 Å². The number of carbonyl (C=O) groups excluding carboxylic acids is 1. The number of carboxylic acids is 2. The fraction of sp³-hybridized carbons (Fsp3) is 0.591. The monoisotopic (exact) mass is 481 g/mol. The van der Waals surface area contributed by atoms with Gasteiger partial charge in [-0.25, -0.2) is 17.5 Å². The molecule has 5 atom stereocenters. The molecule has 3 N–H and O–H groups in total. The molecular weight excluding hydrogens is 450 g/mol. The maximum atomic E-state index is 13.3. The lowest BCUT2D eigenvalue weighted by Crippen LogP contribution is -2.58. The zero-order valence-corrected chi connectivity index (χ0v) is 19.6. The highest BCUT2D eigenvalue weighted by Gasteiger charge is 2.50. The summed E-state index contributed by atoms with van der Waals surface area (Å²) < 4.78 is 25.4. The van der Waals surface area contributed by atoms with Crippen LogP contribution in [0.1, 0.15) is 31.7 Å². The van der Waals surface area contributed by atoms with Crippen LogP contribution in [0.4, 0.5) is 0 Å². The number of nitrogens with one attached hydrogen (secondary N) is 1. The van der Waals surface area contributed by atoms with Gasteiger partial charge in [0.1, 0.15) is 12.1 Å². The van der Waals surface area contributed by atoms with E-state index >= 15 is 0 Å². The Balaban J connectivity index is 1.73. The molecule has 11 heteroatoms. The quantitative estimate of drug-likeness (QED) is 0.459. The van der Waals surface area contributed by atoms with Gasteiger partial charge in [0.15, 0.2) is 0 Å². The molecule has 2 aliphatic rings. The third-order valence-electron chi connectivity index (χ3n) is 6.60. The molecule has 0 spiro atoms. The van der Waals surface area contributed by atoms with Crippen LogP contribution in [0, 0.1) is 5.92 Å². The highest BCUT2D eigenvalue weighted by Crippen LogP contribution is 2.37. The number of hydrogen-bond acceptors (Lipinski definition) is 6. The van der Waals surface area contributed by atoms with Crippen molar-refractivity contribution >= 4 is 27.9 Å². The molecule has 1 amide bonds. The van der Waals surface area contributed by atoms with E-state index in [1.807, 2.05) is 30.3 Å². The van der Waals surface area contributed by atoms with Gasteiger partial charge in [-0.15, -0.1) is 0 Å². The molecule has 182 valence electrons. The molecule has 0 aromatic heterocycles. The number of benzene rings is 1. The number of hydrogen-bond donors (Lipinski definition) is 3. The zero-order valence-electron chi connectivity index (χ0n) is 18.8. The smallest absolute Gasteiger partial charge is 0.326 e. The van der Waals surface area contributed by atoms with Gasteiger partial charge in [0.25, 0.3) is 0 Å². The molecule has 33 heavy (non-hydrogen) atoms. The van der Waals surface area contributed by atoms with E-state index in [9.17, 15) is 33.0 Å². The minimum absolute atomic E-state index is 0.0438. The molecule has 0 bridgehead atoms. The molecular formula is C22H31N3O7S. The summed E-state index contributed by atoms with van der Waals surface area (Å²) in [4.78, 5) is 38.3. The number of aliphatic carboxylic acids is 2. The average molecular weight is 482 g/mol. The largest absolute Gasteiger partial charge is 0.480 e. The van der Waals surface area contributed by atoms with Crippen molar-refractivity contribution in [1.82, 2.24) is 14.5 Å². The third-order valence-corrected chi connectivity index (χ3v) is 7.87. The maximum absolute atomic E-state index is 13.3. The van der Waals surface area contributed by atoms with Crippen LogP contribution in [-0.2, 0) is 30.8 Å². The average Bonchev–Trinajstić information content (AvgIpc) is 3.15. The summed E-state index contributed by atoms with van der Waals surface area (Å²) in [5.74, 6) is -2.89. The number of aryl methyl sites for hydroxylation is 1. The SMILES string of the molecule is C[C@H](NC(CCc1ccccc1)C(=O)O)C(=O)N1C(C(=O)O)CC2CCN(S(C)(=O)=O)CC21. The highest BCUT2D eigenvalue weighted by molar-refractivity contribution is 7.88. The topological polar surface area (TPSA) is 144 Å². The third kappa shape index (κ3) is 5.90. The summed E-state index contributed by atoms with van der Waals surface area (Å²) in [5.41, 5.74) is 0.973. The van der Waals surface area contributed by atoms with E-state index in [2.05, 4.69) is 5.32 Å². The molecule has 2 saturated heterocycles. The van der Waals surface area contributed by atoms with Crippen molar-refractivity contribution in [1.29, 1.82) is 0 Å². The Morgan fingerprint density at radius 3 is 2.42 bits per heavy atom. The number of fused-ring (bicyclic) bond motifs is 1. The standard InChI is InChI=1S/C22H31N3O7S/c1-14(23-17(21(27)28)9-8-15-6-4-3-5-7-15)20(26)25-18(22(29)30)12-16-10-11-24(13-19(16)25)33(2,31)32/h3-7,14,16-19,23H,8-13H2,1-2H3,(H,27,28)(H,29,30)/t14-,16?,17?,18?,19?/m0/s1. The number of rotatable bonds is 9.